The zero-order chi connectivity index (χ0) is 15.8. The second kappa shape index (κ2) is 5.74. The zero-order valence-electron chi connectivity index (χ0n) is 11.0. The van der Waals surface area contributed by atoms with Gasteiger partial charge in [-0.3, -0.25) is 9.32 Å². The third-order valence-corrected chi connectivity index (χ3v) is 4.03. The molecule has 1 heterocycles. The number of imidazole rings is 1. The fourth-order valence-corrected chi connectivity index (χ4v) is 2.91. The van der Waals surface area contributed by atoms with E-state index < -0.39 is 25.8 Å². The van der Waals surface area contributed by atoms with E-state index in [0.29, 0.717) is 12.8 Å². The number of aliphatic hydroxyl groups excluding tert-OH is 1. The predicted octanol–water partition coefficient (Wildman–Crippen LogP) is -1.01. The molecule has 0 spiro atoms. The SMILES string of the molecule is NC(=O)c1ncn([C@@H]2C[C@H](COP(=O)(O)O)[C@@H](O)C2)c1N. The number of amides is 1. The van der Waals surface area contributed by atoms with Gasteiger partial charge in [-0.15, -0.1) is 0 Å². The first-order valence-electron chi connectivity index (χ1n) is 6.19. The Kier molecular flexibility index (Phi) is 4.35. The third-order valence-electron chi connectivity index (χ3n) is 3.55. The number of aliphatic hydroxyl groups is 1. The van der Waals surface area contributed by atoms with Crippen LogP contribution >= 0.6 is 7.82 Å². The first kappa shape index (κ1) is 15.9. The van der Waals surface area contributed by atoms with Gasteiger partial charge in [0.05, 0.1) is 19.0 Å². The maximum Gasteiger partial charge on any atom is 0.469 e. The maximum atomic E-state index is 11.1. The van der Waals surface area contributed by atoms with Crippen molar-refractivity contribution in [1.29, 1.82) is 0 Å². The summed E-state index contributed by atoms with van der Waals surface area (Å²) in [6.45, 7) is -0.265. The standard InChI is InChI=1S/C10H17N4O6P/c11-9-8(10(12)16)13-4-14(9)6-1-5(7(15)2-6)3-20-21(17,18)19/h4-7,15H,1-3,11H2,(H2,12,16)(H2,17,18,19)/t5-,6-,7+/m1/s1. The molecule has 11 heteroatoms. The van der Waals surface area contributed by atoms with Crippen LogP contribution in [-0.2, 0) is 9.09 Å². The number of nitrogens with two attached hydrogens (primary N) is 2. The number of primary amides is 1. The van der Waals surface area contributed by atoms with Crippen LogP contribution in [0.25, 0.3) is 0 Å². The molecular weight excluding hydrogens is 303 g/mol. The average Bonchev–Trinajstić information content (AvgIpc) is 2.89. The minimum absolute atomic E-state index is 0.0422. The summed E-state index contributed by atoms with van der Waals surface area (Å²) in [4.78, 5) is 32.3. The number of hydrogen-bond acceptors (Lipinski definition) is 6. The first-order chi connectivity index (χ1) is 9.69. The minimum Gasteiger partial charge on any atom is -0.393 e. The van der Waals surface area contributed by atoms with Crippen molar-refractivity contribution in [2.24, 2.45) is 11.7 Å². The van der Waals surface area contributed by atoms with Gasteiger partial charge in [0.1, 0.15) is 5.82 Å². The van der Waals surface area contributed by atoms with Crippen LogP contribution in [0.2, 0.25) is 0 Å². The Balaban J connectivity index is 2.07. The van der Waals surface area contributed by atoms with E-state index in [1.54, 1.807) is 0 Å². The van der Waals surface area contributed by atoms with Crippen molar-refractivity contribution >= 4 is 19.5 Å². The summed E-state index contributed by atoms with van der Waals surface area (Å²) in [7, 11) is -4.57. The van der Waals surface area contributed by atoms with Gasteiger partial charge >= 0.3 is 7.82 Å². The summed E-state index contributed by atoms with van der Waals surface area (Å²) < 4.78 is 16.6. The quantitative estimate of drug-likeness (QED) is 0.429. The van der Waals surface area contributed by atoms with Crippen LogP contribution in [0.3, 0.4) is 0 Å². The number of anilines is 1. The third kappa shape index (κ3) is 3.60. The molecule has 1 aliphatic carbocycles. The number of aromatic nitrogens is 2. The summed E-state index contributed by atoms with van der Waals surface area (Å²) in [5.41, 5.74) is 10.9. The van der Waals surface area contributed by atoms with Gasteiger partial charge in [0.15, 0.2) is 5.69 Å². The molecule has 3 atom stereocenters. The van der Waals surface area contributed by atoms with E-state index in [0.717, 1.165) is 0 Å². The van der Waals surface area contributed by atoms with Crippen molar-refractivity contribution in [1.82, 2.24) is 9.55 Å². The van der Waals surface area contributed by atoms with Gasteiger partial charge in [0, 0.05) is 12.0 Å². The van der Waals surface area contributed by atoms with Crippen molar-refractivity contribution in [2.75, 3.05) is 12.3 Å². The summed E-state index contributed by atoms with van der Waals surface area (Å²) >= 11 is 0. The highest BCUT2D eigenvalue weighted by Crippen LogP contribution is 2.41. The Morgan fingerprint density at radius 3 is 2.71 bits per heavy atom. The highest BCUT2D eigenvalue weighted by molar-refractivity contribution is 7.46. The average molecular weight is 320 g/mol. The van der Waals surface area contributed by atoms with Crippen LogP contribution in [0.5, 0.6) is 0 Å². The summed E-state index contributed by atoms with van der Waals surface area (Å²) in [5.74, 6) is -1.08. The molecule has 2 rings (SSSR count). The Bertz CT molecular complexity index is 584. The molecule has 0 aromatic carbocycles. The van der Waals surface area contributed by atoms with Crippen LogP contribution in [-0.4, -0.2) is 43.1 Å². The number of nitrogen functional groups attached to an aromatic ring is 1. The lowest BCUT2D eigenvalue weighted by atomic mass is 10.1. The molecule has 0 radical (unpaired) electrons. The smallest absolute Gasteiger partial charge is 0.393 e. The monoisotopic (exact) mass is 320 g/mol. The Labute approximate surface area is 120 Å². The van der Waals surface area contributed by atoms with E-state index >= 15 is 0 Å². The molecule has 1 amide bonds. The van der Waals surface area contributed by atoms with Gasteiger partial charge in [-0.05, 0) is 12.8 Å². The molecule has 10 nitrogen and oxygen atoms in total. The first-order valence-corrected chi connectivity index (χ1v) is 7.72. The van der Waals surface area contributed by atoms with Gasteiger partial charge < -0.3 is 30.9 Å². The van der Waals surface area contributed by atoms with E-state index in [1.165, 1.54) is 10.9 Å². The summed E-state index contributed by atoms with van der Waals surface area (Å²) in [6, 6.07) is -0.244. The topological polar surface area (TPSA) is 174 Å². The molecule has 1 saturated carbocycles. The number of phosphoric ester groups is 1. The molecule has 1 aromatic heterocycles. The maximum absolute atomic E-state index is 11.1. The number of carbonyl (C=O) groups excluding carboxylic acids is 1. The van der Waals surface area contributed by atoms with Crippen molar-refractivity contribution in [3.8, 4) is 0 Å². The molecule has 1 fully saturated rings. The number of hydrogen-bond donors (Lipinski definition) is 5. The van der Waals surface area contributed by atoms with Gasteiger partial charge in [-0.1, -0.05) is 0 Å². The van der Waals surface area contributed by atoms with Crippen molar-refractivity contribution in [3.63, 3.8) is 0 Å². The van der Waals surface area contributed by atoms with E-state index in [1.807, 2.05) is 0 Å². The van der Waals surface area contributed by atoms with Crippen molar-refractivity contribution in [2.45, 2.75) is 25.0 Å². The summed E-state index contributed by atoms with van der Waals surface area (Å²) in [6.07, 6.45) is 1.27. The lowest BCUT2D eigenvalue weighted by Gasteiger charge is -2.15. The fourth-order valence-electron chi connectivity index (χ4n) is 2.52. The van der Waals surface area contributed by atoms with Crippen molar-refractivity contribution < 1.29 is 28.8 Å². The minimum atomic E-state index is -4.57. The number of rotatable bonds is 5. The second-order valence-corrected chi connectivity index (χ2v) is 6.23. The molecule has 0 saturated heterocycles. The second-order valence-electron chi connectivity index (χ2n) is 4.99. The van der Waals surface area contributed by atoms with Crippen LogP contribution in [0.15, 0.2) is 6.33 Å². The molecule has 1 aliphatic rings. The molecule has 21 heavy (non-hydrogen) atoms. The van der Waals surface area contributed by atoms with Crippen LogP contribution in [0.1, 0.15) is 29.4 Å². The van der Waals surface area contributed by atoms with Crippen LogP contribution in [0.4, 0.5) is 5.82 Å². The molecular formula is C10H17N4O6P. The normalized spacial score (nSPS) is 26.1. The molecule has 0 bridgehead atoms. The van der Waals surface area contributed by atoms with Gasteiger partial charge in [-0.25, -0.2) is 9.55 Å². The zero-order valence-corrected chi connectivity index (χ0v) is 11.9. The largest absolute Gasteiger partial charge is 0.469 e. The van der Waals surface area contributed by atoms with E-state index in [2.05, 4.69) is 9.51 Å². The van der Waals surface area contributed by atoms with E-state index in [4.69, 9.17) is 21.3 Å². The molecule has 7 N–H and O–H groups in total. The lowest BCUT2D eigenvalue weighted by Crippen LogP contribution is -2.18. The van der Waals surface area contributed by atoms with Crippen LogP contribution < -0.4 is 11.5 Å². The number of carbonyl (C=O) groups is 1. The highest BCUT2D eigenvalue weighted by atomic mass is 31.2. The van der Waals surface area contributed by atoms with Gasteiger partial charge in [-0.2, -0.15) is 0 Å². The number of phosphoric acid groups is 1. The Morgan fingerprint density at radius 2 is 2.19 bits per heavy atom. The predicted molar refractivity (Wildman–Crippen MR) is 70.9 cm³/mol. The fraction of sp³-hybridized carbons (Fsp3) is 0.600. The van der Waals surface area contributed by atoms with Crippen LogP contribution in [0, 0.1) is 5.92 Å². The molecule has 118 valence electrons. The summed E-state index contributed by atoms with van der Waals surface area (Å²) in [5, 5.41) is 9.93. The number of nitrogens with zero attached hydrogens (tertiary/aromatic N) is 2. The van der Waals surface area contributed by atoms with Crippen molar-refractivity contribution in [3.05, 3.63) is 12.0 Å². The highest BCUT2D eigenvalue weighted by Gasteiger charge is 2.36. The molecule has 1 aromatic rings. The Hall–Kier alpha value is -1.45. The Morgan fingerprint density at radius 1 is 1.52 bits per heavy atom. The van der Waals surface area contributed by atoms with E-state index in [9.17, 15) is 14.5 Å². The molecule has 0 aliphatic heterocycles. The van der Waals surface area contributed by atoms with Gasteiger partial charge in [0.2, 0.25) is 0 Å². The van der Waals surface area contributed by atoms with Gasteiger partial charge in [0.25, 0.3) is 5.91 Å². The molecule has 0 unspecified atom stereocenters. The lowest BCUT2D eigenvalue weighted by molar-refractivity contribution is 0.0843. The van der Waals surface area contributed by atoms with E-state index in [-0.39, 0.29) is 24.2 Å².